The molecule has 0 fully saturated rings. The standard InChI is InChI=1S/C6H10N4O.C2H6/c1-3-4(6(8)11)5(7)10(2)9-3;1-2/h7H2,1-2H3,(H2,8,11);1-2H3. The molecule has 74 valence electrons. The van der Waals surface area contributed by atoms with Gasteiger partial charge in [0.05, 0.1) is 5.69 Å². The Hall–Kier alpha value is -1.52. The van der Waals surface area contributed by atoms with Crippen LogP contribution in [0.1, 0.15) is 29.9 Å². The highest BCUT2D eigenvalue weighted by Gasteiger charge is 2.14. The molecular formula is C8H16N4O. The zero-order chi connectivity index (χ0) is 10.6. The maximum atomic E-state index is 10.7. The van der Waals surface area contributed by atoms with Gasteiger partial charge < -0.3 is 11.5 Å². The summed E-state index contributed by atoms with van der Waals surface area (Å²) in [7, 11) is 1.66. The van der Waals surface area contributed by atoms with E-state index in [2.05, 4.69) is 5.10 Å². The topological polar surface area (TPSA) is 86.9 Å². The first-order valence-corrected chi connectivity index (χ1v) is 4.13. The average molecular weight is 184 g/mol. The molecule has 0 aliphatic rings. The molecule has 5 heteroatoms. The Morgan fingerprint density at radius 2 is 1.92 bits per heavy atom. The van der Waals surface area contributed by atoms with Crippen LogP contribution in [0.4, 0.5) is 5.82 Å². The highest BCUT2D eigenvalue weighted by Crippen LogP contribution is 2.13. The van der Waals surface area contributed by atoms with Crippen LogP contribution in [0.2, 0.25) is 0 Å². The van der Waals surface area contributed by atoms with Crippen molar-refractivity contribution >= 4 is 11.7 Å². The zero-order valence-corrected chi connectivity index (χ0v) is 8.46. The van der Waals surface area contributed by atoms with Crippen molar-refractivity contribution in [3.8, 4) is 0 Å². The van der Waals surface area contributed by atoms with Gasteiger partial charge in [-0.3, -0.25) is 9.48 Å². The normalized spacial score (nSPS) is 8.92. The van der Waals surface area contributed by atoms with Crippen molar-refractivity contribution in [1.82, 2.24) is 9.78 Å². The third kappa shape index (κ3) is 2.21. The predicted octanol–water partition coefficient (Wildman–Crippen LogP) is 0.436. The smallest absolute Gasteiger partial charge is 0.254 e. The average Bonchev–Trinajstić information content (AvgIpc) is 2.30. The second-order valence-corrected chi connectivity index (χ2v) is 2.33. The van der Waals surface area contributed by atoms with Crippen LogP contribution in [0, 0.1) is 6.92 Å². The fraction of sp³-hybridized carbons (Fsp3) is 0.500. The molecule has 0 unspecified atom stereocenters. The Labute approximate surface area is 77.7 Å². The Bertz CT molecular complexity index is 303. The molecule has 0 aromatic carbocycles. The highest BCUT2D eigenvalue weighted by molar-refractivity contribution is 5.98. The van der Waals surface area contributed by atoms with Gasteiger partial charge in [0.15, 0.2) is 0 Å². The monoisotopic (exact) mass is 184 g/mol. The minimum atomic E-state index is -0.534. The number of carbonyl (C=O) groups excluding carboxylic acids is 1. The minimum Gasteiger partial charge on any atom is -0.383 e. The van der Waals surface area contributed by atoms with Crippen molar-refractivity contribution < 1.29 is 4.79 Å². The Balaban J connectivity index is 0.000000671. The van der Waals surface area contributed by atoms with Crippen LogP contribution in [0.3, 0.4) is 0 Å². The van der Waals surface area contributed by atoms with Crippen molar-refractivity contribution in [3.63, 3.8) is 0 Å². The molecule has 1 heterocycles. The molecule has 13 heavy (non-hydrogen) atoms. The van der Waals surface area contributed by atoms with Gasteiger partial charge in [-0.2, -0.15) is 5.10 Å². The predicted molar refractivity (Wildman–Crippen MR) is 52.2 cm³/mol. The summed E-state index contributed by atoms with van der Waals surface area (Å²) in [6, 6.07) is 0. The molecular weight excluding hydrogens is 168 g/mol. The first-order chi connectivity index (χ1) is 6.04. The Morgan fingerprint density at radius 1 is 1.46 bits per heavy atom. The Kier molecular flexibility index (Phi) is 3.97. The zero-order valence-electron chi connectivity index (χ0n) is 8.46. The van der Waals surface area contributed by atoms with E-state index in [1.807, 2.05) is 13.8 Å². The molecule has 0 bridgehead atoms. The number of hydrogen-bond acceptors (Lipinski definition) is 3. The number of nitrogen functional groups attached to an aromatic ring is 1. The van der Waals surface area contributed by atoms with Gasteiger partial charge in [0.1, 0.15) is 11.4 Å². The van der Waals surface area contributed by atoms with Gasteiger partial charge in [-0.15, -0.1) is 0 Å². The van der Waals surface area contributed by atoms with E-state index >= 15 is 0 Å². The summed E-state index contributed by atoms with van der Waals surface area (Å²) >= 11 is 0. The van der Waals surface area contributed by atoms with Crippen LogP contribution in [0.25, 0.3) is 0 Å². The van der Waals surface area contributed by atoms with Crippen molar-refractivity contribution in [3.05, 3.63) is 11.3 Å². The molecule has 0 spiro atoms. The number of amides is 1. The van der Waals surface area contributed by atoms with Gasteiger partial charge in [0.2, 0.25) is 0 Å². The second kappa shape index (κ2) is 4.49. The van der Waals surface area contributed by atoms with E-state index in [1.165, 1.54) is 4.68 Å². The van der Waals surface area contributed by atoms with Gasteiger partial charge >= 0.3 is 0 Å². The van der Waals surface area contributed by atoms with Crippen LogP contribution in [-0.2, 0) is 7.05 Å². The number of aryl methyl sites for hydroxylation is 2. The van der Waals surface area contributed by atoms with Crippen LogP contribution < -0.4 is 11.5 Å². The summed E-state index contributed by atoms with van der Waals surface area (Å²) < 4.78 is 1.43. The largest absolute Gasteiger partial charge is 0.383 e. The first kappa shape index (κ1) is 11.5. The lowest BCUT2D eigenvalue weighted by molar-refractivity contribution is 0.100. The molecule has 1 aromatic heterocycles. The fourth-order valence-electron chi connectivity index (χ4n) is 0.981. The highest BCUT2D eigenvalue weighted by atomic mass is 16.1. The van der Waals surface area contributed by atoms with Gasteiger partial charge in [0, 0.05) is 7.05 Å². The maximum Gasteiger partial charge on any atom is 0.254 e. The third-order valence-corrected chi connectivity index (χ3v) is 1.51. The van der Waals surface area contributed by atoms with E-state index < -0.39 is 5.91 Å². The molecule has 1 rings (SSSR count). The maximum absolute atomic E-state index is 10.7. The first-order valence-electron chi connectivity index (χ1n) is 4.13. The van der Waals surface area contributed by atoms with Crippen molar-refractivity contribution in [1.29, 1.82) is 0 Å². The number of aromatic nitrogens is 2. The van der Waals surface area contributed by atoms with E-state index in [0.717, 1.165) is 0 Å². The summed E-state index contributed by atoms with van der Waals surface area (Å²) in [5, 5.41) is 3.92. The fourth-order valence-corrected chi connectivity index (χ4v) is 0.981. The van der Waals surface area contributed by atoms with Crippen LogP contribution >= 0.6 is 0 Å². The molecule has 0 radical (unpaired) electrons. The van der Waals surface area contributed by atoms with E-state index in [4.69, 9.17) is 11.5 Å². The lowest BCUT2D eigenvalue weighted by Gasteiger charge is -1.94. The van der Waals surface area contributed by atoms with Crippen LogP contribution in [0.5, 0.6) is 0 Å². The number of anilines is 1. The number of nitrogens with zero attached hydrogens (tertiary/aromatic N) is 2. The number of primary amides is 1. The summed E-state index contributed by atoms with van der Waals surface area (Å²) in [6.07, 6.45) is 0. The summed E-state index contributed by atoms with van der Waals surface area (Å²) in [4.78, 5) is 10.7. The van der Waals surface area contributed by atoms with Crippen molar-refractivity contribution in [2.24, 2.45) is 12.8 Å². The lowest BCUT2D eigenvalue weighted by atomic mass is 10.2. The van der Waals surface area contributed by atoms with Crippen LogP contribution in [0.15, 0.2) is 0 Å². The van der Waals surface area contributed by atoms with Crippen molar-refractivity contribution in [2.45, 2.75) is 20.8 Å². The van der Waals surface area contributed by atoms with E-state index in [1.54, 1.807) is 14.0 Å². The van der Waals surface area contributed by atoms with Crippen molar-refractivity contribution in [2.75, 3.05) is 5.73 Å². The SMILES string of the molecule is CC.Cc1nn(C)c(N)c1C(N)=O. The second-order valence-electron chi connectivity index (χ2n) is 2.33. The van der Waals surface area contributed by atoms with E-state index in [0.29, 0.717) is 17.1 Å². The number of hydrogen-bond donors (Lipinski definition) is 2. The minimum absolute atomic E-state index is 0.313. The van der Waals surface area contributed by atoms with E-state index in [-0.39, 0.29) is 0 Å². The van der Waals surface area contributed by atoms with Gasteiger partial charge in [-0.05, 0) is 6.92 Å². The summed E-state index contributed by atoms with van der Waals surface area (Å²) in [6.45, 7) is 5.69. The quantitative estimate of drug-likeness (QED) is 0.663. The number of nitrogens with two attached hydrogens (primary N) is 2. The van der Waals surface area contributed by atoms with Gasteiger partial charge in [-0.1, -0.05) is 13.8 Å². The van der Waals surface area contributed by atoms with Gasteiger partial charge in [0.25, 0.3) is 5.91 Å². The molecule has 0 saturated heterocycles. The molecule has 0 aliphatic carbocycles. The molecule has 0 atom stereocenters. The molecule has 1 amide bonds. The summed E-state index contributed by atoms with van der Waals surface area (Å²) in [5.41, 5.74) is 11.4. The summed E-state index contributed by atoms with van der Waals surface area (Å²) in [5.74, 6) is -0.219. The molecule has 4 N–H and O–H groups in total. The number of carbonyl (C=O) groups is 1. The third-order valence-electron chi connectivity index (χ3n) is 1.51. The van der Waals surface area contributed by atoms with Crippen LogP contribution in [-0.4, -0.2) is 15.7 Å². The lowest BCUT2D eigenvalue weighted by Crippen LogP contribution is -2.14. The van der Waals surface area contributed by atoms with Gasteiger partial charge in [-0.25, -0.2) is 0 Å². The number of rotatable bonds is 1. The molecule has 5 nitrogen and oxygen atoms in total. The molecule has 0 saturated carbocycles. The van der Waals surface area contributed by atoms with E-state index in [9.17, 15) is 4.79 Å². The Morgan fingerprint density at radius 3 is 2.08 bits per heavy atom. The molecule has 0 aliphatic heterocycles. The molecule has 1 aromatic rings.